The molecule has 0 saturated carbocycles. The minimum Gasteiger partial charge on any atom is -0.445 e. The molecule has 4 heteroatoms. The Hall–Kier alpha value is -1.55. The van der Waals surface area contributed by atoms with Crippen molar-refractivity contribution in [1.29, 1.82) is 0 Å². The third-order valence-electron chi connectivity index (χ3n) is 4.19. The van der Waals surface area contributed by atoms with Gasteiger partial charge in [0, 0.05) is 0 Å². The van der Waals surface area contributed by atoms with Gasteiger partial charge in [0.05, 0.1) is 19.7 Å². The zero-order chi connectivity index (χ0) is 14.0. The molecule has 1 amide bonds. The van der Waals surface area contributed by atoms with E-state index in [1.54, 1.807) is 4.90 Å². The van der Waals surface area contributed by atoms with Gasteiger partial charge in [-0.2, -0.15) is 0 Å². The standard InChI is InChI=1S/C16H21NO3/c1-13-7-8-16(20-9-13)11-17(12-16)15(18)19-10-14-5-3-2-4-6-14/h2-6,13H,7-12H2,1H3/t13-/m0/s1. The molecule has 2 heterocycles. The lowest BCUT2D eigenvalue weighted by atomic mass is 9.84. The number of hydrogen-bond acceptors (Lipinski definition) is 3. The first-order chi connectivity index (χ1) is 9.67. The molecule has 0 radical (unpaired) electrons. The van der Waals surface area contributed by atoms with Gasteiger partial charge in [0.1, 0.15) is 12.2 Å². The number of rotatable bonds is 2. The van der Waals surface area contributed by atoms with E-state index < -0.39 is 0 Å². The molecule has 2 fully saturated rings. The van der Waals surface area contributed by atoms with E-state index in [0.29, 0.717) is 25.6 Å². The van der Waals surface area contributed by atoms with E-state index in [1.165, 1.54) is 6.42 Å². The summed E-state index contributed by atoms with van der Waals surface area (Å²) < 4.78 is 11.2. The van der Waals surface area contributed by atoms with E-state index in [1.807, 2.05) is 30.3 Å². The Morgan fingerprint density at radius 3 is 2.80 bits per heavy atom. The first kappa shape index (κ1) is 13.4. The van der Waals surface area contributed by atoms with Crippen molar-refractivity contribution < 1.29 is 14.3 Å². The Morgan fingerprint density at radius 1 is 1.40 bits per heavy atom. The summed E-state index contributed by atoms with van der Waals surface area (Å²) in [5.41, 5.74) is 0.928. The van der Waals surface area contributed by atoms with Gasteiger partial charge in [-0.3, -0.25) is 0 Å². The number of carbonyl (C=O) groups is 1. The minimum atomic E-state index is -0.235. The number of likely N-dealkylation sites (tertiary alicyclic amines) is 1. The summed E-state index contributed by atoms with van der Waals surface area (Å²) in [6.45, 7) is 4.70. The first-order valence-electron chi connectivity index (χ1n) is 7.26. The molecular formula is C16H21NO3. The van der Waals surface area contributed by atoms with Gasteiger partial charge in [-0.15, -0.1) is 0 Å². The molecule has 3 rings (SSSR count). The first-order valence-corrected chi connectivity index (χ1v) is 7.26. The van der Waals surface area contributed by atoms with Gasteiger partial charge < -0.3 is 14.4 Å². The summed E-state index contributed by atoms with van der Waals surface area (Å²) in [5, 5.41) is 0. The second-order valence-electron chi connectivity index (χ2n) is 6.03. The second kappa shape index (κ2) is 5.44. The van der Waals surface area contributed by atoms with Gasteiger partial charge in [-0.25, -0.2) is 4.79 Å². The van der Waals surface area contributed by atoms with E-state index in [0.717, 1.165) is 18.6 Å². The van der Waals surface area contributed by atoms with Crippen molar-refractivity contribution in [2.45, 2.75) is 32.0 Å². The maximum absolute atomic E-state index is 11.9. The normalized spacial score (nSPS) is 24.2. The highest BCUT2D eigenvalue weighted by Gasteiger charge is 2.48. The van der Waals surface area contributed by atoms with Crippen molar-refractivity contribution in [1.82, 2.24) is 4.90 Å². The number of carbonyl (C=O) groups excluding carboxylic acids is 1. The number of ether oxygens (including phenoxy) is 2. The molecule has 0 N–H and O–H groups in total. The zero-order valence-corrected chi connectivity index (χ0v) is 11.9. The fraction of sp³-hybridized carbons (Fsp3) is 0.562. The van der Waals surface area contributed by atoms with Crippen LogP contribution in [-0.2, 0) is 16.1 Å². The van der Waals surface area contributed by atoms with Crippen molar-refractivity contribution in [3.05, 3.63) is 35.9 Å². The van der Waals surface area contributed by atoms with Crippen molar-refractivity contribution >= 4 is 6.09 Å². The molecule has 108 valence electrons. The van der Waals surface area contributed by atoms with E-state index in [2.05, 4.69) is 6.92 Å². The lowest BCUT2D eigenvalue weighted by molar-refractivity contribution is -0.169. The molecule has 1 atom stereocenters. The van der Waals surface area contributed by atoms with Gasteiger partial charge in [0.15, 0.2) is 0 Å². The van der Waals surface area contributed by atoms with Crippen molar-refractivity contribution in [3.8, 4) is 0 Å². The highest BCUT2D eigenvalue weighted by molar-refractivity contribution is 5.69. The fourth-order valence-electron chi connectivity index (χ4n) is 2.82. The van der Waals surface area contributed by atoms with Gasteiger partial charge >= 0.3 is 6.09 Å². The Balaban J connectivity index is 1.44. The van der Waals surface area contributed by atoms with Crippen LogP contribution in [0, 0.1) is 5.92 Å². The van der Waals surface area contributed by atoms with E-state index in [4.69, 9.17) is 9.47 Å². The fourth-order valence-corrected chi connectivity index (χ4v) is 2.82. The molecule has 2 aliphatic rings. The summed E-state index contributed by atoms with van der Waals surface area (Å²) in [6, 6.07) is 9.75. The molecule has 0 bridgehead atoms. The molecule has 0 unspecified atom stereocenters. The van der Waals surface area contributed by atoms with Crippen LogP contribution in [0.25, 0.3) is 0 Å². The maximum Gasteiger partial charge on any atom is 0.410 e. The summed E-state index contributed by atoms with van der Waals surface area (Å²) in [5.74, 6) is 0.639. The number of nitrogens with zero attached hydrogens (tertiary/aromatic N) is 1. The highest BCUT2D eigenvalue weighted by atomic mass is 16.6. The van der Waals surface area contributed by atoms with Crippen molar-refractivity contribution in [2.75, 3.05) is 19.7 Å². The smallest absolute Gasteiger partial charge is 0.410 e. The largest absolute Gasteiger partial charge is 0.445 e. The van der Waals surface area contributed by atoms with E-state index >= 15 is 0 Å². The van der Waals surface area contributed by atoms with Crippen LogP contribution in [0.2, 0.25) is 0 Å². The molecule has 20 heavy (non-hydrogen) atoms. The van der Waals surface area contributed by atoms with E-state index in [-0.39, 0.29) is 11.7 Å². The molecule has 1 aromatic carbocycles. The second-order valence-corrected chi connectivity index (χ2v) is 6.03. The molecule has 1 spiro atoms. The number of amides is 1. The third kappa shape index (κ3) is 2.80. The number of benzene rings is 1. The predicted molar refractivity (Wildman–Crippen MR) is 75.3 cm³/mol. The Bertz CT molecular complexity index is 458. The highest BCUT2D eigenvalue weighted by Crippen LogP contribution is 2.36. The maximum atomic E-state index is 11.9. The third-order valence-corrected chi connectivity index (χ3v) is 4.19. The lowest BCUT2D eigenvalue weighted by Gasteiger charge is -2.51. The Kier molecular flexibility index (Phi) is 3.66. The summed E-state index contributed by atoms with van der Waals surface area (Å²) in [7, 11) is 0. The lowest BCUT2D eigenvalue weighted by Crippen LogP contribution is -2.66. The van der Waals surface area contributed by atoms with Crippen LogP contribution in [0.1, 0.15) is 25.3 Å². The minimum absolute atomic E-state index is 0.0850. The van der Waals surface area contributed by atoms with Crippen molar-refractivity contribution in [2.24, 2.45) is 5.92 Å². The average molecular weight is 275 g/mol. The van der Waals surface area contributed by atoms with Gasteiger partial charge in [-0.1, -0.05) is 37.3 Å². The SMILES string of the molecule is C[C@H]1CCC2(CN(C(=O)OCc3ccccc3)C2)OC1. The predicted octanol–water partition coefficient (Wildman–Crippen LogP) is 2.82. The van der Waals surface area contributed by atoms with Crippen molar-refractivity contribution in [3.63, 3.8) is 0 Å². The quantitative estimate of drug-likeness (QED) is 0.833. The zero-order valence-electron chi connectivity index (χ0n) is 11.9. The van der Waals surface area contributed by atoms with Crippen LogP contribution in [0.4, 0.5) is 4.79 Å². The van der Waals surface area contributed by atoms with Crippen LogP contribution >= 0.6 is 0 Å². The van der Waals surface area contributed by atoms with E-state index in [9.17, 15) is 4.79 Å². The number of hydrogen-bond donors (Lipinski definition) is 0. The summed E-state index contributed by atoms with van der Waals surface area (Å²) >= 11 is 0. The molecule has 2 aliphatic heterocycles. The van der Waals surface area contributed by atoms with Crippen LogP contribution in [0.3, 0.4) is 0 Å². The van der Waals surface area contributed by atoms with Crippen LogP contribution in [-0.4, -0.2) is 36.3 Å². The van der Waals surface area contributed by atoms with Gasteiger partial charge in [-0.05, 0) is 24.3 Å². The molecular weight excluding hydrogens is 254 g/mol. The summed E-state index contributed by atoms with van der Waals surface area (Å²) in [4.78, 5) is 13.7. The van der Waals surface area contributed by atoms with Gasteiger partial charge in [0.25, 0.3) is 0 Å². The Morgan fingerprint density at radius 2 is 2.15 bits per heavy atom. The van der Waals surface area contributed by atoms with Crippen LogP contribution in [0.5, 0.6) is 0 Å². The van der Waals surface area contributed by atoms with Crippen LogP contribution < -0.4 is 0 Å². The Labute approximate surface area is 119 Å². The van der Waals surface area contributed by atoms with Crippen LogP contribution in [0.15, 0.2) is 30.3 Å². The van der Waals surface area contributed by atoms with Gasteiger partial charge in [0.2, 0.25) is 0 Å². The molecule has 1 aromatic rings. The monoisotopic (exact) mass is 275 g/mol. The molecule has 0 aliphatic carbocycles. The molecule has 4 nitrogen and oxygen atoms in total. The summed E-state index contributed by atoms with van der Waals surface area (Å²) in [6.07, 6.45) is 2.01. The topological polar surface area (TPSA) is 38.8 Å². The average Bonchev–Trinajstić information content (AvgIpc) is 2.45. The molecule has 2 saturated heterocycles. The molecule has 0 aromatic heterocycles.